The maximum Gasteiger partial charge on any atom is 0.163 e. The number of hydrogen-bond donors (Lipinski definition) is 0. The van der Waals surface area contributed by atoms with Crippen molar-refractivity contribution in [3.8, 4) is 0 Å². The van der Waals surface area contributed by atoms with Gasteiger partial charge in [0, 0.05) is 17.9 Å². The summed E-state index contributed by atoms with van der Waals surface area (Å²) >= 11 is 0. The van der Waals surface area contributed by atoms with Gasteiger partial charge in [-0.3, -0.25) is 14.4 Å². The lowest BCUT2D eigenvalue weighted by Gasteiger charge is -2.33. The van der Waals surface area contributed by atoms with Crippen LogP contribution >= 0.6 is 0 Å². The second-order valence-corrected chi connectivity index (χ2v) is 10.6. The maximum absolute atomic E-state index is 13.3. The minimum atomic E-state index is -0.0879. The van der Waals surface area contributed by atoms with Crippen molar-refractivity contribution >= 4 is 22.9 Å². The first-order valence-corrected chi connectivity index (χ1v) is 13.7. The molecular formula is C32H46O3. The zero-order chi connectivity index (χ0) is 26.1. The van der Waals surface area contributed by atoms with Crippen molar-refractivity contribution in [2.45, 2.75) is 106 Å². The average Bonchev–Trinajstić information content (AvgIpc) is 3.31. The molecule has 0 spiro atoms. The molecule has 0 N–H and O–H groups in total. The van der Waals surface area contributed by atoms with Gasteiger partial charge in [-0.2, -0.15) is 0 Å². The highest BCUT2D eigenvalue weighted by Crippen LogP contribution is 2.40. The minimum absolute atomic E-state index is 0.0360. The monoisotopic (exact) mass is 478 g/mol. The van der Waals surface area contributed by atoms with Crippen LogP contribution in [0.5, 0.6) is 0 Å². The maximum atomic E-state index is 13.3. The van der Waals surface area contributed by atoms with E-state index >= 15 is 0 Å². The molecule has 0 aliphatic heterocycles. The number of fused-ring (bicyclic) bond motifs is 1. The largest absolute Gasteiger partial charge is 0.300 e. The summed E-state index contributed by atoms with van der Waals surface area (Å²) in [5.74, 6) is 0.664. The molecule has 192 valence electrons. The quantitative estimate of drug-likeness (QED) is 0.318. The first-order valence-electron chi connectivity index (χ1n) is 13.7. The highest BCUT2D eigenvalue weighted by molar-refractivity contribution is 6.02. The first-order chi connectivity index (χ1) is 16.7. The van der Waals surface area contributed by atoms with Gasteiger partial charge in [-0.1, -0.05) is 71.3 Å². The third-order valence-corrected chi connectivity index (χ3v) is 7.42. The van der Waals surface area contributed by atoms with E-state index in [0.717, 1.165) is 49.7 Å². The summed E-state index contributed by atoms with van der Waals surface area (Å²) in [4.78, 5) is 37.7. The van der Waals surface area contributed by atoms with Gasteiger partial charge in [0.2, 0.25) is 0 Å². The number of carbonyl (C=O) groups is 3. The highest BCUT2D eigenvalue weighted by atomic mass is 16.1. The fourth-order valence-corrected chi connectivity index (χ4v) is 5.85. The van der Waals surface area contributed by atoms with E-state index in [-0.39, 0.29) is 41.5 Å². The number of rotatable bonds is 10. The summed E-state index contributed by atoms with van der Waals surface area (Å²) in [6.07, 6.45) is 13.9. The zero-order valence-electron chi connectivity index (χ0n) is 23.1. The van der Waals surface area contributed by atoms with Crippen LogP contribution in [0.2, 0.25) is 0 Å². The predicted octanol–water partition coefficient (Wildman–Crippen LogP) is 8.19. The smallest absolute Gasteiger partial charge is 0.163 e. The van der Waals surface area contributed by atoms with Crippen LogP contribution in [0.15, 0.2) is 24.3 Å². The standard InChI is InChI=1S/C29H38O3.C3H8/c1-6-10-23(24(7-2)27(31)14-19(4)30)15-21-16-26-25(22-11-8-9-12-22)13-18(3)20(5)29(26)28(32)17-21;1-3-2/h8,11-13,21,23-24H,6-7,9-10,14-17H2,1-5H3;3H2,1-2H3. The molecule has 1 aromatic rings. The summed E-state index contributed by atoms with van der Waals surface area (Å²) in [5.41, 5.74) is 6.86. The molecule has 2 aliphatic rings. The number of aryl methyl sites for hydroxylation is 1. The van der Waals surface area contributed by atoms with Gasteiger partial charge >= 0.3 is 0 Å². The topological polar surface area (TPSA) is 51.2 Å². The molecule has 3 atom stereocenters. The number of allylic oxidation sites excluding steroid dienone is 4. The van der Waals surface area contributed by atoms with Gasteiger partial charge in [-0.15, -0.1) is 0 Å². The van der Waals surface area contributed by atoms with Gasteiger partial charge in [0.05, 0.1) is 6.42 Å². The fourth-order valence-electron chi connectivity index (χ4n) is 5.85. The van der Waals surface area contributed by atoms with Crippen LogP contribution in [0.25, 0.3) is 5.57 Å². The second kappa shape index (κ2) is 13.7. The molecule has 1 aromatic carbocycles. The van der Waals surface area contributed by atoms with E-state index in [4.69, 9.17) is 0 Å². The molecule has 35 heavy (non-hydrogen) atoms. The van der Waals surface area contributed by atoms with E-state index in [9.17, 15) is 14.4 Å². The Hall–Kier alpha value is -2.29. The summed E-state index contributed by atoms with van der Waals surface area (Å²) in [6.45, 7) is 14.1. The van der Waals surface area contributed by atoms with E-state index in [2.05, 4.69) is 65.8 Å². The van der Waals surface area contributed by atoms with Gasteiger partial charge in [-0.05, 0) is 86.1 Å². The Bertz CT molecular complexity index is 979. The van der Waals surface area contributed by atoms with Crippen LogP contribution in [0.4, 0.5) is 0 Å². The summed E-state index contributed by atoms with van der Waals surface area (Å²) < 4.78 is 0. The van der Waals surface area contributed by atoms with Crippen LogP contribution < -0.4 is 0 Å². The Balaban J connectivity index is 0.00000137. The van der Waals surface area contributed by atoms with E-state index in [0.29, 0.717) is 6.42 Å². The van der Waals surface area contributed by atoms with Crippen LogP contribution in [0.1, 0.15) is 119 Å². The lowest BCUT2D eigenvalue weighted by molar-refractivity contribution is -0.129. The molecule has 3 nitrogen and oxygen atoms in total. The summed E-state index contributed by atoms with van der Waals surface area (Å²) in [6, 6.07) is 2.25. The van der Waals surface area contributed by atoms with Crippen molar-refractivity contribution in [2.75, 3.05) is 0 Å². The Kier molecular flexibility index (Phi) is 11.3. The second-order valence-electron chi connectivity index (χ2n) is 10.6. The van der Waals surface area contributed by atoms with Crippen molar-refractivity contribution in [1.82, 2.24) is 0 Å². The van der Waals surface area contributed by atoms with E-state index in [1.54, 1.807) is 0 Å². The number of ketones is 3. The molecular weight excluding hydrogens is 432 g/mol. The summed E-state index contributed by atoms with van der Waals surface area (Å²) in [5, 5.41) is 0. The van der Waals surface area contributed by atoms with Crippen molar-refractivity contribution in [3.63, 3.8) is 0 Å². The molecule has 3 unspecified atom stereocenters. The van der Waals surface area contributed by atoms with Crippen LogP contribution in [0, 0.1) is 31.6 Å². The molecule has 2 aliphatic carbocycles. The highest BCUT2D eigenvalue weighted by Gasteiger charge is 2.34. The molecule has 0 saturated heterocycles. The average molecular weight is 479 g/mol. The fraction of sp³-hybridized carbons (Fsp3) is 0.594. The molecule has 0 bridgehead atoms. The van der Waals surface area contributed by atoms with Gasteiger partial charge in [-0.25, -0.2) is 0 Å². The molecule has 0 fully saturated rings. The number of carbonyl (C=O) groups excluding carboxylic acids is 3. The van der Waals surface area contributed by atoms with Gasteiger partial charge in [0.15, 0.2) is 5.78 Å². The third-order valence-electron chi connectivity index (χ3n) is 7.42. The van der Waals surface area contributed by atoms with Crippen LogP contribution in [0.3, 0.4) is 0 Å². The summed E-state index contributed by atoms with van der Waals surface area (Å²) in [7, 11) is 0. The van der Waals surface area contributed by atoms with Crippen LogP contribution in [-0.4, -0.2) is 17.3 Å². The van der Waals surface area contributed by atoms with Crippen molar-refractivity contribution in [2.24, 2.45) is 17.8 Å². The van der Waals surface area contributed by atoms with Gasteiger partial charge in [0.1, 0.15) is 11.6 Å². The molecule has 0 aromatic heterocycles. The van der Waals surface area contributed by atoms with Crippen molar-refractivity contribution in [1.29, 1.82) is 0 Å². The minimum Gasteiger partial charge on any atom is -0.300 e. The lowest BCUT2D eigenvalue weighted by Crippen LogP contribution is -2.30. The third kappa shape index (κ3) is 7.35. The van der Waals surface area contributed by atoms with Crippen molar-refractivity contribution in [3.05, 3.63) is 52.1 Å². The number of benzene rings is 1. The SMILES string of the molecule is CCC.CCCC(CC1CC(=O)c2c(C)c(C)cc(C3=CCC=C3)c2C1)C(CC)C(=O)CC(C)=O. The zero-order valence-corrected chi connectivity index (χ0v) is 23.1. The Morgan fingerprint density at radius 2 is 1.77 bits per heavy atom. The Labute approximate surface area is 213 Å². The van der Waals surface area contributed by atoms with Crippen LogP contribution in [-0.2, 0) is 16.0 Å². The lowest BCUT2D eigenvalue weighted by atomic mass is 9.70. The molecule has 3 heteroatoms. The molecule has 0 radical (unpaired) electrons. The molecule has 3 rings (SSSR count). The van der Waals surface area contributed by atoms with Crippen molar-refractivity contribution < 1.29 is 14.4 Å². The molecule has 0 heterocycles. The number of Topliss-reactive ketones (excluding diaryl/α,β-unsaturated/α-hetero) is 3. The van der Waals surface area contributed by atoms with E-state index in [1.165, 1.54) is 35.6 Å². The van der Waals surface area contributed by atoms with E-state index in [1.807, 2.05) is 0 Å². The molecule has 0 amide bonds. The van der Waals surface area contributed by atoms with E-state index < -0.39 is 0 Å². The Morgan fingerprint density at radius 3 is 2.31 bits per heavy atom. The Morgan fingerprint density at radius 1 is 1.09 bits per heavy atom. The van der Waals surface area contributed by atoms with Gasteiger partial charge in [0.25, 0.3) is 0 Å². The van der Waals surface area contributed by atoms with Gasteiger partial charge < -0.3 is 0 Å². The number of hydrogen-bond acceptors (Lipinski definition) is 3. The first kappa shape index (κ1) is 28.9. The molecule has 0 saturated carbocycles. The normalized spacial score (nSPS) is 18.3. The predicted molar refractivity (Wildman–Crippen MR) is 147 cm³/mol.